The lowest BCUT2D eigenvalue weighted by atomic mass is 9.99. The van der Waals surface area contributed by atoms with Crippen LogP contribution in [0.1, 0.15) is 72.6 Å². The highest BCUT2D eigenvalue weighted by Crippen LogP contribution is 2.49. The molecule has 0 aromatic rings. The lowest BCUT2D eigenvalue weighted by molar-refractivity contribution is 0.0789. The Morgan fingerprint density at radius 1 is 0.926 bits per heavy atom. The quantitative estimate of drug-likeness (QED) is 0.203. The Balaban J connectivity index is 3.44. The Morgan fingerprint density at radius 3 is 1.81 bits per heavy atom. The highest BCUT2D eigenvalue weighted by molar-refractivity contribution is 7.57. The second-order valence-electron chi connectivity index (χ2n) is 8.20. The molecule has 2 unspecified atom stereocenters. The maximum absolute atomic E-state index is 11.5. The first-order valence-corrected chi connectivity index (χ1v) is 12.5. The van der Waals surface area contributed by atoms with Gasteiger partial charge in [0, 0.05) is 26.4 Å². The molecule has 0 aromatic carbocycles. The monoisotopic (exact) mass is 429 g/mol. The van der Waals surface area contributed by atoms with Gasteiger partial charge in [0.2, 0.25) is 0 Å². The Hall–Kier alpha value is 0.0900. The van der Waals surface area contributed by atoms with Crippen molar-refractivity contribution in [2.45, 2.75) is 83.3 Å². The fourth-order valence-corrected chi connectivity index (χ4v) is 3.58. The van der Waals surface area contributed by atoms with Crippen LogP contribution in [0, 0.1) is 0 Å². The molecule has 0 aliphatic carbocycles. The summed E-state index contributed by atoms with van der Waals surface area (Å²) in [5, 5.41) is 1.90. The number of nitrogens with one attached hydrogen (secondary N) is 1. The zero-order valence-corrected chi connectivity index (χ0v) is 19.1. The summed E-state index contributed by atoms with van der Waals surface area (Å²) < 4.78 is 33.4. The van der Waals surface area contributed by atoms with Crippen LogP contribution in [0.3, 0.4) is 0 Å². The topological polar surface area (TPSA) is 131 Å². The van der Waals surface area contributed by atoms with E-state index in [4.69, 9.17) is 19.9 Å². The minimum absolute atomic E-state index is 0.344. The molecule has 0 aromatic heterocycles. The van der Waals surface area contributed by atoms with Gasteiger partial charge in [-0.15, -0.1) is 4.89 Å². The fraction of sp³-hybridized carbons (Fsp3) is 1.00. The molecular formula is C17H39N2O6P2+. The maximum atomic E-state index is 11.5. The summed E-state index contributed by atoms with van der Waals surface area (Å²) >= 11 is 0. The summed E-state index contributed by atoms with van der Waals surface area (Å²) in [6, 6.07) is 0. The molecule has 0 saturated carbocycles. The van der Waals surface area contributed by atoms with Gasteiger partial charge >= 0.3 is 8.18 Å². The molecule has 0 amide bonds. The lowest BCUT2D eigenvalue weighted by Gasteiger charge is -2.26. The predicted molar refractivity (Wildman–Crippen MR) is 109 cm³/mol. The van der Waals surface area contributed by atoms with Crippen LogP contribution in [0.5, 0.6) is 0 Å². The molecule has 8 nitrogen and oxygen atoms in total. The van der Waals surface area contributed by atoms with Gasteiger partial charge < -0.3 is 14.4 Å². The predicted octanol–water partition coefficient (Wildman–Crippen LogP) is 3.69. The van der Waals surface area contributed by atoms with E-state index in [1.165, 1.54) is 0 Å². The first-order chi connectivity index (χ1) is 12.4. The molecule has 2 atom stereocenters. The molecule has 27 heavy (non-hydrogen) atoms. The molecule has 0 rings (SSSR count). The van der Waals surface area contributed by atoms with E-state index >= 15 is 0 Å². The van der Waals surface area contributed by atoms with Crippen LogP contribution in [-0.4, -0.2) is 46.9 Å². The third kappa shape index (κ3) is 14.7. The Morgan fingerprint density at radius 2 is 1.37 bits per heavy atom. The number of hydrogen-bond donors (Lipinski definition) is 4. The standard InChI is InChI=1S/C17H38N2O6P2/c1-16(2,19-26(20)21)10-5-7-12-24-14-9-15-25-13-8-6-11-17(3,4)27(18,22)23/h5-15H2,1-4H3,(H4-,18,19,20,21,22,23)/p+1. The van der Waals surface area contributed by atoms with Crippen molar-refractivity contribution in [3.63, 3.8) is 0 Å². The highest BCUT2D eigenvalue weighted by atomic mass is 31.2. The second kappa shape index (κ2) is 13.3. The Bertz CT molecular complexity index is 468. The minimum atomic E-state index is -3.55. The molecule has 0 fully saturated rings. The number of hydrogen-bond acceptors (Lipinski definition) is 4. The van der Waals surface area contributed by atoms with Gasteiger partial charge in [0.25, 0.3) is 7.52 Å². The average molecular weight is 429 g/mol. The van der Waals surface area contributed by atoms with Gasteiger partial charge in [0.05, 0.1) is 10.7 Å². The molecule has 5 N–H and O–H groups in total. The van der Waals surface area contributed by atoms with Gasteiger partial charge in [-0.2, -0.15) is 0 Å². The summed E-state index contributed by atoms with van der Waals surface area (Å²) in [6.45, 7) is 9.86. The molecular weight excluding hydrogens is 390 g/mol. The first kappa shape index (κ1) is 27.1. The van der Waals surface area contributed by atoms with Crippen molar-refractivity contribution in [2.24, 2.45) is 5.50 Å². The van der Waals surface area contributed by atoms with Crippen molar-refractivity contribution >= 4 is 15.7 Å². The number of ether oxygens (including phenoxy) is 2. The molecule has 0 bridgehead atoms. The molecule has 0 spiro atoms. The van der Waals surface area contributed by atoms with Crippen LogP contribution in [0.4, 0.5) is 0 Å². The van der Waals surface area contributed by atoms with Crippen molar-refractivity contribution < 1.29 is 28.4 Å². The van der Waals surface area contributed by atoms with Crippen LogP contribution < -0.4 is 10.6 Å². The SMILES string of the molecule is CC(C)(CCCCOCCCOCCCCC(C)(C)P(N)(=O)O)N[P+](=O)O. The van der Waals surface area contributed by atoms with Gasteiger partial charge in [0.1, 0.15) is 0 Å². The van der Waals surface area contributed by atoms with Crippen LogP contribution in [-0.2, 0) is 18.6 Å². The summed E-state index contributed by atoms with van der Waals surface area (Å²) in [5.41, 5.74) is 4.99. The van der Waals surface area contributed by atoms with E-state index in [1.807, 2.05) is 13.8 Å². The molecule has 10 heteroatoms. The van der Waals surface area contributed by atoms with Gasteiger partial charge in [-0.05, 0) is 70.8 Å². The average Bonchev–Trinajstić information content (AvgIpc) is 2.49. The van der Waals surface area contributed by atoms with Gasteiger partial charge in [-0.3, -0.25) is 10.1 Å². The number of rotatable bonds is 17. The van der Waals surface area contributed by atoms with Crippen molar-refractivity contribution in [1.29, 1.82) is 0 Å². The van der Waals surface area contributed by atoms with E-state index in [0.717, 1.165) is 38.5 Å². The zero-order chi connectivity index (χ0) is 21.0. The molecule has 0 radical (unpaired) electrons. The number of nitrogens with two attached hydrogens (primary N) is 1. The van der Waals surface area contributed by atoms with Crippen LogP contribution in [0.15, 0.2) is 0 Å². The van der Waals surface area contributed by atoms with E-state index in [0.29, 0.717) is 32.8 Å². The third-order valence-electron chi connectivity index (χ3n) is 4.51. The molecule has 0 aliphatic rings. The smallest absolute Gasteiger partial charge is 0.381 e. The lowest BCUT2D eigenvalue weighted by Crippen LogP contribution is -2.34. The van der Waals surface area contributed by atoms with Gasteiger partial charge in [0.15, 0.2) is 0 Å². The van der Waals surface area contributed by atoms with E-state index in [-0.39, 0.29) is 5.54 Å². The maximum Gasteiger partial charge on any atom is 0.610 e. The van der Waals surface area contributed by atoms with Crippen LogP contribution >= 0.6 is 15.7 Å². The summed E-state index contributed by atoms with van der Waals surface area (Å²) in [6.07, 6.45) is 5.74. The van der Waals surface area contributed by atoms with Crippen LogP contribution in [0.2, 0.25) is 0 Å². The summed E-state index contributed by atoms with van der Waals surface area (Å²) in [7, 11) is -5.87. The zero-order valence-electron chi connectivity index (χ0n) is 17.3. The Labute approximate surface area is 165 Å². The molecule has 0 heterocycles. The first-order valence-electron chi connectivity index (χ1n) is 9.58. The minimum Gasteiger partial charge on any atom is -0.381 e. The summed E-state index contributed by atoms with van der Waals surface area (Å²) in [4.78, 5) is 18.3. The highest BCUT2D eigenvalue weighted by Gasteiger charge is 2.34. The van der Waals surface area contributed by atoms with Crippen LogP contribution in [0.25, 0.3) is 0 Å². The second-order valence-corrected chi connectivity index (χ2v) is 11.4. The molecule has 0 aliphatic heterocycles. The van der Waals surface area contributed by atoms with Gasteiger partial charge in [-0.1, -0.05) is 11.5 Å². The van der Waals surface area contributed by atoms with E-state index < -0.39 is 20.9 Å². The molecule has 0 saturated heterocycles. The van der Waals surface area contributed by atoms with Crippen molar-refractivity contribution in [1.82, 2.24) is 5.09 Å². The van der Waals surface area contributed by atoms with Crippen molar-refractivity contribution in [3.05, 3.63) is 0 Å². The third-order valence-corrected chi connectivity index (χ3v) is 7.27. The largest absolute Gasteiger partial charge is 0.610 e. The van der Waals surface area contributed by atoms with E-state index in [2.05, 4.69) is 5.09 Å². The van der Waals surface area contributed by atoms with Crippen molar-refractivity contribution in [3.8, 4) is 0 Å². The van der Waals surface area contributed by atoms with E-state index in [9.17, 15) is 14.0 Å². The van der Waals surface area contributed by atoms with Gasteiger partial charge in [-0.25, -0.2) is 0 Å². The summed E-state index contributed by atoms with van der Waals surface area (Å²) in [5.74, 6) is 0. The fourth-order valence-electron chi connectivity index (χ4n) is 2.47. The molecule has 162 valence electrons. The van der Waals surface area contributed by atoms with Crippen molar-refractivity contribution in [2.75, 3.05) is 26.4 Å². The number of unbranched alkanes of at least 4 members (excludes halogenated alkanes) is 2. The Kier molecular flexibility index (Phi) is 13.4. The normalized spacial score (nSPS) is 15.6. The van der Waals surface area contributed by atoms with E-state index in [1.54, 1.807) is 13.8 Å².